The molecule has 3 heterocycles. The van der Waals surface area contributed by atoms with Crippen molar-refractivity contribution < 1.29 is 9.21 Å². The molecule has 0 atom stereocenters. The lowest BCUT2D eigenvalue weighted by molar-refractivity contribution is -0.113. The summed E-state index contributed by atoms with van der Waals surface area (Å²) in [6, 6.07) is 7.73. The number of amides is 1. The highest BCUT2D eigenvalue weighted by atomic mass is 32.2. The van der Waals surface area contributed by atoms with Gasteiger partial charge in [-0.2, -0.15) is 0 Å². The zero-order chi connectivity index (χ0) is 16.9. The van der Waals surface area contributed by atoms with E-state index in [1.165, 1.54) is 23.1 Å². The first-order valence-corrected chi connectivity index (χ1v) is 9.45. The fourth-order valence-corrected chi connectivity index (χ4v) is 3.69. The summed E-state index contributed by atoms with van der Waals surface area (Å²) in [5.74, 6) is 2.71. The van der Waals surface area contributed by atoms with Crippen molar-refractivity contribution in [1.29, 1.82) is 0 Å². The lowest BCUT2D eigenvalue weighted by Crippen LogP contribution is -2.14. The van der Waals surface area contributed by atoms with Gasteiger partial charge in [-0.25, -0.2) is 4.98 Å². The van der Waals surface area contributed by atoms with Crippen LogP contribution in [0.15, 0.2) is 40.3 Å². The third-order valence-corrected chi connectivity index (χ3v) is 5.00. The number of anilines is 1. The largest absolute Gasteiger partial charge is 0.466 e. The van der Waals surface area contributed by atoms with Crippen LogP contribution in [-0.4, -0.2) is 21.6 Å². The highest BCUT2D eigenvalue weighted by Gasteiger charge is 2.12. The Morgan fingerprint density at radius 3 is 2.96 bits per heavy atom. The van der Waals surface area contributed by atoms with Crippen LogP contribution < -0.4 is 5.32 Å². The molecule has 0 aliphatic heterocycles. The molecule has 24 heavy (non-hydrogen) atoms. The minimum absolute atomic E-state index is 0.0584. The Bertz CT molecular complexity index is 827. The molecule has 124 valence electrons. The maximum Gasteiger partial charge on any atom is 0.236 e. The van der Waals surface area contributed by atoms with Crippen molar-refractivity contribution in [2.45, 2.75) is 19.6 Å². The molecule has 1 N–H and O–H groups in total. The van der Waals surface area contributed by atoms with E-state index in [1.54, 1.807) is 6.20 Å². The molecular weight excluding hydrogens is 342 g/mol. The van der Waals surface area contributed by atoms with Gasteiger partial charge in [0.2, 0.25) is 5.91 Å². The number of thioether (sulfide) groups is 1. The summed E-state index contributed by atoms with van der Waals surface area (Å²) >= 11 is 2.94. The molecule has 0 aliphatic carbocycles. The highest BCUT2D eigenvalue weighted by Crippen LogP contribution is 2.29. The molecule has 0 radical (unpaired) electrons. The molecule has 3 rings (SSSR count). The van der Waals surface area contributed by atoms with Gasteiger partial charge in [-0.1, -0.05) is 6.07 Å². The number of carbonyl (C=O) groups is 1. The fourth-order valence-electron chi connectivity index (χ4n) is 2.23. The number of rotatable bonds is 6. The molecule has 3 aromatic rings. The third-order valence-electron chi connectivity index (χ3n) is 3.28. The first-order chi connectivity index (χ1) is 11.6. The number of carbonyl (C=O) groups excluding carboxylic acids is 1. The molecule has 0 spiro atoms. The van der Waals surface area contributed by atoms with E-state index >= 15 is 0 Å². The Kier molecular flexibility index (Phi) is 5.32. The Hall–Kier alpha value is -2.12. The van der Waals surface area contributed by atoms with E-state index < -0.39 is 0 Å². The molecule has 0 saturated carbocycles. The van der Waals surface area contributed by atoms with Gasteiger partial charge in [0.1, 0.15) is 11.5 Å². The topological polar surface area (TPSA) is 68.0 Å². The standard InChI is InChI=1S/C17H17N3O2S2/c1-11-7-14(12(2)22-11)15-9-24-17(19-15)20-16(21)10-23-8-13-5-3-4-6-18-13/h3-7,9H,8,10H2,1-2H3,(H,19,20,21). The summed E-state index contributed by atoms with van der Waals surface area (Å²) in [5, 5.41) is 5.37. The summed E-state index contributed by atoms with van der Waals surface area (Å²) < 4.78 is 5.52. The molecule has 0 aliphatic rings. The van der Waals surface area contributed by atoms with Crippen LogP contribution in [-0.2, 0) is 10.5 Å². The molecule has 0 saturated heterocycles. The van der Waals surface area contributed by atoms with Crippen molar-refractivity contribution in [3.8, 4) is 11.3 Å². The van der Waals surface area contributed by atoms with Crippen molar-refractivity contribution in [2.24, 2.45) is 0 Å². The normalized spacial score (nSPS) is 10.8. The maximum atomic E-state index is 12.0. The molecule has 0 bridgehead atoms. The lowest BCUT2D eigenvalue weighted by Gasteiger charge is -2.02. The van der Waals surface area contributed by atoms with Gasteiger partial charge >= 0.3 is 0 Å². The van der Waals surface area contributed by atoms with Gasteiger partial charge in [0.25, 0.3) is 0 Å². The van der Waals surface area contributed by atoms with Gasteiger partial charge in [-0.3, -0.25) is 9.78 Å². The van der Waals surface area contributed by atoms with Crippen molar-refractivity contribution in [1.82, 2.24) is 9.97 Å². The van der Waals surface area contributed by atoms with Crippen LogP contribution in [0, 0.1) is 13.8 Å². The molecule has 0 fully saturated rings. The number of aryl methyl sites for hydroxylation is 2. The second-order valence-electron chi connectivity index (χ2n) is 5.23. The number of hydrogen-bond donors (Lipinski definition) is 1. The van der Waals surface area contributed by atoms with Crippen molar-refractivity contribution >= 4 is 34.1 Å². The van der Waals surface area contributed by atoms with Crippen molar-refractivity contribution in [3.05, 3.63) is 53.1 Å². The highest BCUT2D eigenvalue weighted by molar-refractivity contribution is 7.99. The third kappa shape index (κ3) is 4.24. The van der Waals surface area contributed by atoms with Crippen LogP contribution >= 0.6 is 23.1 Å². The van der Waals surface area contributed by atoms with Crippen LogP contribution in [0.25, 0.3) is 11.3 Å². The number of hydrogen-bond acceptors (Lipinski definition) is 6. The predicted molar refractivity (Wildman–Crippen MR) is 98.3 cm³/mol. The van der Waals surface area contributed by atoms with E-state index in [9.17, 15) is 4.79 Å². The first-order valence-electron chi connectivity index (χ1n) is 7.42. The van der Waals surface area contributed by atoms with E-state index in [0.29, 0.717) is 16.6 Å². The number of thiazole rings is 1. The monoisotopic (exact) mass is 359 g/mol. The smallest absolute Gasteiger partial charge is 0.236 e. The van der Waals surface area contributed by atoms with E-state index in [4.69, 9.17) is 4.42 Å². The zero-order valence-corrected chi connectivity index (χ0v) is 15.0. The molecule has 7 heteroatoms. The lowest BCUT2D eigenvalue weighted by atomic mass is 10.2. The SMILES string of the molecule is Cc1cc(-c2csc(NC(=O)CSCc3ccccn3)n2)c(C)o1. The van der Waals surface area contributed by atoms with Crippen molar-refractivity contribution in [2.75, 3.05) is 11.1 Å². The summed E-state index contributed by atoms with van der Waals surface area (Å²) in [5.41, 5.74) is 2.76. The van der Waals surface area contributed by atoms with Crippen LogP contribution in [0.1, 0.15) is 17.2 Å². The minimum atomic E-state index is -0.0584. The van der Waals surface area contributed by atoms with Crippen LogP contribution in [0.2, 0.25) is 0 Å². The van der Waals surface area contributed by atoms with Crippen LogP contribution in [0.3, 0.4) is 0 Å². The number of nitrogens with one attached hydrogen (secondary N) is 1. The average Bonchev–Trinajstić information content (AvgIpc) is 3.14. The van der Waals surface area contributed by atoms with E-state index in [1.807, 2.05) is 43.5 Å². The summed E-state index contributed by atoms with van der Waals surface area (Å²) in [7, 11) is 0. The summed E-state index contributed by atoms with van der Waals surface area (Å²) in [4.78, 5) is 20.7. The molecular formula is C17H17N3O2S2. The Morgan fingerprint density at radius 1 is 1.38 bits per heavy atom. The van der Waals surface area contributed by atoms with Gasteiger partial charge in [0.05, 0.1) is 17.1 Å². The maximum absolute atomic E-state index is 12.0. The second-order valence-corrected chi connectivity index (χ2v) is 7.07. The molecule has 3 aromatic heterocycles. The average molecular weight is 359 g/mol. The van der Waals surface area contributed by atoms with Gasteiger partial charge in [-0.15, -0.1) is 23.1 Å². The Balaban J connectivity index is 1.53. The second kappa shape index (κ2) is 7.63. The number of nitrogens with zero attached hydrogens (tertiary/aromatic N) is 2. The van der Waals surface area contributed by atoms with E-state index in [2.05, 4.69) is 15.3 Å². The summed E-state index contributed by atoms with van der Waals surface area (Å²) in [6.07, 6.45) is 1.76. The van der Waals surface area contributed by atoms with Gasteiger partial charge in [0.15, 0.2) is 5.13 Å². The number of furan rings is 1. The number of pyridine rings is 1. The minimum Gasteiger partial charge on any atom is -0.466 e. The van der Waals surface area contributed by atoms with Gasteiger partial charge in [0, 0.05) is 22.9 Å². The summed E-state index contributed by atoms with van der Waals surface area (Å²) in [6.45, 7) is 3.82. The zero-order valence-electron chi connectivity index (χ0n) is 13.4. The molecule has 0 unspecified atom stereocenters. The Morgan fingerprint density at radius 2 is 2.25 bits per heavy atom. The van der Waals surface area contributed by atoms with Gasteiger partial charge in [-0.05, 0) is 32.0 Å². The Labute approximate surface area is 148 Å². The van der Waals surface area contributed by atoms with E-state index in [-0.39, 0.29) is 5.91 Å². The van der Waals surface area contributed by atoms with E-state index in [0.717, 1.165) is 28.5 Å². The first kappa shape index (κ1) is 16.7. The number of aromatic nitrogens is 2. The molecule has 0 aromatic carbocycles. The molecule has 1 amide bonds. The fraction of sp³-hybridized carbons (Fsp3) is 0.235. The van der Waals surface area contributed by atoms with Crippen LogP contribution in [0.5, 0.6) is 0 Å². The van der Waals surface area contributed by atoms with Crippen molar-refractivity contribution in [3.63, 3.8) is 0 Å². The molecule has 5 nitrogen and oxygen atoms in total. The predicted octanol–water partition coefficient (Wildman–Crippen LogP) is 4.29. The van der Waals surface area contributed by atoms with Gasteiger partial charge < -0.3 is 9.73 Å². The quantitative estimate of drug-likeness (QED) is 0.711. The van der Waals surface area contributed by atoms with Crippen LogP contribution in [0.4, 0.5) is 5.13 Å².